The van der Waals surface area contributed by atoms with Gasteiger partial charge in [-0.05, 0) is 38.3 Å². The molecule has 2 N–H and O–H groups in total. The predicted octanol–water partition coefficient (Wildman–Crippen LogP) is 3.35. The lowest BCUT2D eigenvalue weighted by atomic mass is 9.77. The van der Waals surface area contributed by atoms with Crippen LogP contribution >= 0.6 is 12.4 Å². The molecule has 22 heavy (non-hydrogen) atoms. The molecule has 2 aromatic heterocycles. The zero-order valence-electron chi connectivity index (χ0n) is 12.2. The average Bonchev–Trinajstić information content (AvgIpc) is 2.94. The molecule has 114 valence electrons. The van der Waals surface area contributed by atoms with Gasteiger partial charge in [-0.15, -0.1) is 12.4 Å². The summed E-state index contributed by atoms with van der Waals surface area (Å²) in [4.78, 5) is 9.11. The van der Waals surface area contributed by atoms with Crippen LogP contribution < -0.4 is 5.73 Å². The van der Waals surface area contributed by atoms with Crippen LogP contribution in [0.2, 0.25) is 0 Å². The summed E-state index contributed by atoms with van der Waals surface area (Å²) in [5.74, 6) is 1.10. The lowest BCUT2D eigenvalue weighted by molar-refractivity contribution is 0.229. The Kier molecular flexibility index (Phi) is 3.62. The molecule has 1 saturated carbocycles. The minimum absolute atomic E-state index is 0. The zero-order valence-corrected chi connectivity index (χ0v) is 13.1. The summed E-state index contributed by atoms with van der Waals surface area (Å²) in [6.07, 6.45) is 2.95. The first kappa shape index (κ1) is 14.9. The largest absolute Gasteiger partial charge is 0.334 e. The Morgan fingerprint density at radius 2 is 1.95 bits per heavy atom. The van der Waals surface area contributed by atoms with Gasteiger partial charge in [-0.3, -0.25) is 4.98 Å². The first-order chi connectivity index (χ1) is 10.2. The number of aryl methyl sites for hydroxylation is 1. The molecule has 1 fully saturated rings. The summed E-state index contributed by atoms with van der Waals surface area (Å²) in [6.45, 7) is 1.97. The van der Waals surface area contributed by atoms with Crippen LogP contribution in [0.25, 0.3) is 22.4 Å². The fourth-order valence-corrected chi connectivity index (χ4v) is 2.73. The highest BCUT2D eigenvalue weighted by Crippen LogP contribution is 2.38. The number of aromatic nitrogens is 3. The summed E-state index contributed by atoms with van der Waals surface area (Å²) < 4.78 is 5.44. The second-order valence-electron chi connectivity index (χ2n) is 5.76. The van der Waals surface area contributed by atoms with Crippen LogP contribution in [0, 0.1) is 6.92 Å². The number of fused-ring (bicyclic) bond motifs is 1. The Labute approximate surface area is 134 Å². The van der Waals surface area contributed by atoms with E-state index in [1.54, 1.807) is 0 Å². The van der Waals surface area contributed by atoms with Crippen molar-refractivity contribution in [3.63, 3.8) is 0 Å². The number of benzene rings is 1. The van der Waals surface area contributed by atoms with Crippen LogP contribution in [0.4, 0.5) is 0 Å². The molecule has 1 aliphatic carbocycles. The van der Waals surface area contributed by atoms with Crippen LogP contribution in [0.5, 0.6) is 0 Å². The molecule has 0 saturated heterocycles. The molecule has 0 amide bonds. The summed E-state index contributed by atoms with van der Waals surface area (Å²) in [7, 11) is 0. The van der Waals surface area contributed by atoms with Crippen molar-refractivity contribution in [1.29, 1.82) is 0 Å². The first-order valence-electron chi connectivity index (χ1n) is 7.16. The molecule has 0 spiro atoms. The van der Waals surface area contributed by atoms with E-state index in [4.69, 9.17) is 10.3 Å². The number of hydrogen-bond donors (Lipinski definition) is 1. The monoisotopic (exact) mass is 316 g/mol. The maximum atomic E-state index is 6.25. The SMILES string of the molecule is Cc1ccc2cccc(-c3nc(C4(N)CCC4)no3)c2n1.Cl. The van der Waals surface area contributed by atoms with Gasteiger partial charge in [-0.1, -0.05) is 23.4 Å². The Morgan fingerprint density at radius 3 is 2.68 bits per heavy atom. The van der Waals surface area contributed by atoms with E-state index in [9.17, 15) is 0 Å². The van der Waals surface area contributed by atoms with E-state index in [0.717, 1.165) is 41.4 Å². The fraction of sp³-hybridized carbons (Fsp3) is 0.312. The number of rotatable bonds is 2. The molecule has 3 aromatic rings. The molecule has 1 aromatic carbocycles. The van der Waals surface area contributed by atoms with Crippen molar-refractivity contribution in [2.45, 2.75) is 31.7 Å². The fourth-order valence-electron chi connectivity index (χ4n) is 2.73. The molecular formula is C16H17ClN4O. The van der Waals surface area contributed by atoms with Gasteiger partial charge < -0.3 is 10.3 Å². The second-order valence-corrected chi connectivity index (χ2v) is 5.76. The van der Waals surface area contributed by atoms with Gasteiger partial charge >= 0.3 is 0 Å². The lowest BCUT2D eigenvalue weighted by Crippen LogP contribution is -2.44. The third-order valence-electron chi connectivity index (χ3n) is 4.21. The number of halogens is 1. The highest BCUT2D eigenvalue weighted by molar-refractivity contribution is 5.91. The van der Waals surface area contributed by atoms with Gasteiger partial charge in [-0.25, -0.2) is 0 Å². The predicted molar refractivity (Wildman–Crippen MR) is 86.7 cm³/mol. The van der Waals surface area contributed by atoms with Crippen molar-refractivity contribution in [2.24, 2.45) is 5.73 Å². The van der Waals surface area contributed by atoms with Crippen LogP contribution in [-0.2, 0) is 5.54 Å². The molecular weight excluding hydrogens is 300 g/mol. The quantitative estimate of drug-likeness (QED) is 0.784. The van der Waals surface area contributed by atoms with Crippen molar-refractivity contribution < 1.29 is 4.52 Å². The number of nitrogens with zero attached hydrogens (tertiary/aromatic N) is 3. The second kappa shape index (κ2) is 5.34. The van der Waals surface area contributed by atoms with E-state index in [-0.39, 0.29) is 12.4 Å². The van der Waals surface area contributed by atoms with Gasteiger partial charge in [-0.2, -0.15) is 4.98 Å². The third-order valence-corrected chi connectivity index (χ3v) is 4.21. The molecule has 0 atom stereocenters. The number of hydrogen-bond acceptors (Lipinski definition) is 5. The van der Waals surface area contributed by atoms with Crippen molar-refractivity contribution in [1.82, 2.24) is 15.1 Å². The van der Waals surface area contributed by atoms with Gasteiger partial charge in [0, 0.05) is 11.1 Å². The van der Waals surface area contributed by atoms with E-state index >= 15 is 0 Å². The van der Waals surface area contributed by atoms with Crippen LogP contribution in [0.1, 0.15) is 30.8 Å². The van der Waals surface area contributed by atoms with Crippen LogP contribution in [0.15, 0.2) is 34.9 Å². The normalized spacial score (nSPS) is 16.1. The highest BCUT2D eigenvalue weighted by Gasteiger charge is 2.39. The van der Waals surface area contributed by atoms with E-state index in [2.05, 4.69) is 21.2 Å². The van der Waals surface area contributed by atoms with Crippen molar-refractivity contribution in [2.75, 3.05) is 0 Å². The maximum Gasteiger partial charge on any atom is 0.260 e. The number of pyridine rings is 1. The molecule has 5 nitrogen and oxygen atoms in total. The number of nitrogens with two attached hydrogens (primary N) is 1. The van der Waals surface area contributed by atoms with Crippen molar-refractivity contribution in [3.8, 4) is 11.5 Å². The molecule has 0 bridgehead atoms. The summed E-state index contributed by atoms with van der Waals surface area (Å²) in [5.41, 5.74) is 8.55. The van der Waals surface area contributed by atoms with Gasteiger partial charge in [0.25, 0.3) is 5.89 Å². The summed E-state index contributed by atoms with van der Waals surface area (Å²) in [5, 5.41) is 5.14. The number of para-hydroxylation sites is 1. The van der Waals surface area contributed by atoms with E-state index in [0.29, 0.717) is 11.7 Å². The first-order valence-corrected chi connectivity index (χ1v) is 7.16. The lowest BCUT2D eigenvalue weighted by Gasteiger charge is -2.34. The standard InChI is InChI=1S/C16H16N4O.ClH/c1-10-6-7-11-4-2-5-12(13(11)18-10)14-19-15(20-21-14)16(17)8-3-9-16;/h2,4-7H,3,8-9,17H2,1H3;1H. The zero-order chi connectivity index (χ0) is 14.4. The molecule has 6 heteroatoms. The molecule has 0 radical (unpaired) electrons. The van der Waals surface area contributed by atoms with E-state index in [1.165, 1.54) is 0 Å². The minimum Gasteiger partial charge on any atom is -0.334 e. The highest BCUT2D eigenvalue weighted by atomic mass is 35.5. The van der Waals surface area contributed by atoms with Gasteiger partial charge in [0.1, 0.15) is 0 Å². The third kappa shape index (κ3) is 2.26. The van der Waals surface area contributed by atoms with E-state index in [1.807, 2.05) is 31.2 Å². The van der Waals surface area contributed by atoms with Gasteiger partial charge in [0.15, 0.2) is 5.82 Å². The molecule has 2 heterocycles. The Hall–Kier alpha value is -1.98. The topological polar surface area (TPSA) is 77.8 Å². The summed E-state index contributed by atoms with van der Waals surface area (Å²) >= 11 is 0. The van der Waals surface area contributed by atoms with E-state index < -0.39 is 5.54 Å². The van der Waals surface area contributed by atoms with Gasteiger partial charge in [0.2, 0.25) is 0 Å². The maximum absolute atomic E-state index is 6.25. The van der Waals surface area contributed by atoms with Gasteiger partial charge in [0.05, 0.1) is 16.6 Å². The van der Waals surface area contributed by atoms with Crippen molar-refractivity contribution in [3.05, 3.63) is 41.9 Å². The Morgan fingerprint density at radius 1 is 1.14 bits per heavy atom. The van der Waals surface area contributed by atoms with Crippen LogP contribution in [-0.4, -0.2) is 15.1 Å². The smallest absolute Gasteiger partial charge is 0.260 e. The minimum atomic E-state index is -0.407. The van der Waals surface area contributed by atoms with Crippen molar-refractivity contribution >= 4 is 23.3 Å². The molecule has 4 rings (SSSR count). The molecule has 0 unspecified atom stereocenters. The Bertz CT molecular complexity index is 826. The average molecular weight is 317 g/mol. The Balaban J connectivity index is 0.00000144. The summed E-state index contributed by atoms with van der Waals surface area (Å²) in [6, 6.07) is 10.00. The molecule has 0 aliphatic heterocycles. The molecule has 1 aliphatic rings. The van der Waals surface area contributed by atoms with Crippen LogP contribution in [0.3, 0.4) is 0 Å².